The summed E-state index contributed by atoms with van der Waals surface area (Å²) in [5.41, 5.74) is 1.07. The molecule has 29 heavy (non-hydrogen) atoms. The third-order valence-electron chi connectivity index (χ3n) is 4.95. The Labute approximate surface area is 192 Å². The van der Waals surface area contributed by atoms with Gasteiger partial charge >= 0.3 is 0 Å². The zero-order chi connectivity index (χ0) is 20.2. The van der Waals surface area contributed by atoms with Gasteiger partial charge in [-0.1, -0.05) is 12.5 Å². The summed E-state index contributed by atoms with van der Waals surface area (Å²) in [6, 6.07) is 3.93. The van der Waals surface area contributed by atoms with E-state index in [0.717, 1.165) is 49.9 Å². The van der Waals surface area contributed by atoms with Crippen LogP contribution in [-0.2, 0) is 6.42 Å². The van der Waals surface area contributed by atoms with Gasteiger partial charge in [-0.25, -0.2) is 0 Å². The van der Waals surface area contributed by atoms with Crippen molar-refractivity contribution in [3.63, 3.8) is 0 Å². The number of rotatable bonds is 10. The lowest BCUT2D eigenvalue weighted by molar-refractivity contribution is 0.235. The van der Waals surface area contributed by atoms with Crippen LogP contribution in [0.5, 0.6) is 17.2 Å². The van der Waals surface area contributed by atoms with E-state index in [0.29, 0.717) is 11.5 Å². The molecule has 0 amide bonds. The summed E-state index contributed by atoms with van der Waals surface area (Å²) in [5.74, 6) is 2.88. The average Bonchev–Trinajstić information content (AvgIpc) is 2.73. The fraction of sp³-hybridized carbons (Fsp3) is 0.667. The Morgan fingerprint density at radius 1 is 1.00 bits per heavy atom. The lowest BCUT2D eigenvalue weighted by Gasteiger charge is -2.25. The van der Waals surface area contributed by atoms with Crippen molar-refractivity contribution in [2.24, 2.45) is 4.99 Å². The van der Waals surface area contributed by atoms with Crippen molar-refractivity contribution in [3.05, 3.63) is 17.7 Å². The van der Waals surface area contributed by atoms with Crippen molar-refractivity contribution in [3.8, 4) is 17.2 Å². The van der Waals surface area contributed by atoms with E-state index in [2.05, 4.69) is 22.5 Å². The Morgan fingerprint density at radius 3 is 2.34 bits per heavy atom. The summed E-state index contributed by atoms with van der Waals surface area (Å²) in [4.78, 5) is 7.22. The Kier molecular flexibility index (Phi) is 12.8. The zero-order valence-electron chi connectivity index (χ0n) is 18.3. The van der Waals surface area contributed by atoms with Gasteiger partial charge in [0.15, 0.2) is 17.5 Å². The van der Waals surface area contributed by atoms with Crippen LogP contribution in [0, 0.1) is 0 Å². The minimum Gasteiger partial charge on any atom is -0.493 e. The molecule has 0 aromatic heterocycles. The van der Waals surface area contributed by atoms with Gasteiger partial charge in [-0.3, -0.25) is 4.99 Å². The highest BCUT2D eigenvalue weighted by Gasteiger charge is 2.15. The number of piperidine rings is 1. The molecule has 1 fully saturated rings. The molecule has 1 heterocycles. The van der Waals surface area contributed by atoms with E-state index in [4.69, 9.17) is 19.2 Å². The van der Waals surface area contributed by atoms with E-state index in [1.54, 1.807) is 21.3 Å². The van der Waals surface area contributed by atoms with Gasteiger partial charge in [0.25, 0.3) is 0 Å². The number of halogens is 1. The highest BCUT2D eigenvalue weighted by Crippen LogP contribution is 2.39. The molecule has 1 aliphatic heterocycles. The molecular weight excluding hydrogens is 483 g/mol. The maximum absolute atomic E-state index is 5.56. The van der Waals surface area contributed by atoms with Crippen molar-refractivity contribution in [1.29, 1.82) is 0 Å². The summed E-state index contributed by atoms with van der Waals surface area (Å²) in [6.45, 7) is 7.93. The molecule has 7 nitrogen and oxygen atoms in total. The number of ether oxygens (including phenoxy) is 3. The number of hydrogen-bond donors (Lipinski definition) is 2. The Bertz CT molecular complexity index is 622. The first kappa shape index (κ1) is 25.6. The SMILES string of the molecule is CCNC(=NCCN1CCCCC1)NCCc1ccc(OC)c(OC)c1OC.I. The molecule has 0 bridgehead atoms. The minimum atomic E-state index is 0. The molecule has 2 rings (SSSR count). The van der Waals surface area contributed by atoms with Crippen molar-refractivity contribution >= 4 is 29.9 Å². The number of hydrogen-bond acceptors (Lipinski definition) is 5. The monoisotopic (exact) mass is 520 g/mol. The van der Waals surface area contributed by atoms with Crippen LogP contribution in [0.15, 0.2) is 17.1 Å². The van der Waals surface area contributed by atoms with Gasteiger partial charge < -0.3 is 29.7 Å². The topological polar surface area (TPSA) is 67.4 Å². The summed E-state index contributed by atoms with van der Waals surface area (Å²) in [7, 11) is 4.91. The van der Waals surface area contributed by atoms with Crippen molar-refractivity contribution in [2.75, 3.05) is 60.6 Å². The van der Waals surface area contributed by atoms with Crippen LogP contribution in [0.25, 0.3) is 0 Å². The molecule has 0 spiro atoms. The molecule has 0 radical (unpaired) electrons. The molecule has 0 unspecified atom stereocenters. The molecule has 1 aromatic carbocycles. The summed E-state index contributed by atoms with van der Waals surface area (Å²) in [6.07, 6.45) is 4.79. The van der Waals surface area contributed by atoms with Crippen molar-refractivity contribution in [2.45, 2.75) is 32.6 Å². The van der Waals surface area contributed by atoms with Gasteiger partial charge in [-0.05, 0) is 45.3 Å². The van der Waals surface area contributed by atoms with E-state index in [9.17, 15) is 0 Å². The lowest BCUT2D eigenvalue weighted by Crippen LogP contribution is -2.39. The highest BCUT2D eigenvalue weighted by molar-refractivity contribution is 14.0. The van der Waals surface area contributed by atoms with Gasteiger partial charge in [-0.2, -0.15) is 0 Å². The molecule has 1 aliphatic rings. The smallest absolute Gasteiger partial charge is 0.203 e. The predicted octanol–water partition coefficient (Wildman–Crippen LogP) is 2.91. The van der Waals surface area contributed by atoms with Crippen LogP contribution >= 0.6 is 24.0 Å². The second-order valence-corrected chi connectivity index (χ2v) is 6.83. The number of benzene rings is 1. The molecule has 1 aromatic rings. The summed E-state index contributed by atoms with van der Waals surface area (Å²) >= 11 is 0. The first-order chi connectivity index (χ1) is 13.7. The Hall–Kier alpha value is -1.42. The van der Waals surface area contributed by atoms with Gasteiger partial charge in [0.2, 0.25) is 5.75 Å². The number of methoxy groups -OCH3 is 3. The van der Waals surface area contributed by atoms with Crippen molar-refractivity contribution in [1.82, 2.24) is 15.5 Å². The third-order valence-corrected chi connectivity index (χ3v) is 4.95. The molecule has 8 heteroatoms. The van der Waals surface area contributed by atoms with Gasteiger partial charge in [0.05, 0.1) is 27.9 Å². The second kappa shape index (κ2) is 14.5. The van der Waals surface area contributed by atoms with Crippen LogP contribution in [-0.4, -0.2) is 71.5 Å². The van der Waals surface area contributed by atoms with Gasteiger partial charge in [-0.15, -0.1) is 24.0 Å². The molecule has 1 saturated heterocycles. The predicted molar refractivity (Wildman–Crippen MR) is 129 cm³/mol. The van der Waals surface area contributed by atoms with Crippen LogP contribution in [0.2, 0.25) is 0 Å². The number of guanidine groups is 1. The average molecular weight is 520 g/mol. The standard InChI is InChI=1S/C21H36N4O3.HI/c1-5-22-21(24-13-16-25-14-7-6-8-15-25)23-12-11-17-9-10-18(26-2)20(28-4)19(17)27-3;/h9-10H,5-8,11-16H2,1-4H3,(H2,22,23,24);1H. The number of nitrogens with zero attached hydrogens (tertiary/aromatic N) is 2. The zero-order valence-corrected chi connectivity index (χ0v) is 20.6. The molecule has 0 aliphatic carbocycles. The quantitative estimate of drug-likeness (QED) is 0.281. The lowest BCUT2D eigenvalue weighted by atomic mass is 10.1. The largest absolute Gasteiger partial charge is 0.493 e. The van der Waals surface area contributed by atoms with E-state index in [1.807, 2.05) is 12.1 Å². The maximum Gasteiger partial charge on any atom is 0.203 e. The molecule has 0 saturated carbocycles. The van der Waals surface area contributed by atoms with Crippen LogP contribution in [0.4, 0.5) is 0 Å². The normalized spacial score (nSPS) is 14.7. The summed E-state index contributed by atoms with van der Waals surface area (Å²) in [5, 5.41) is 6.74. The Morgan fingerprint density at radius 2 is 1.72 bits per heavy atom. The van der Waals surface area contributed by atoms with Crippen molar-refractivity contribution < 1.29 is 14.2 Å². The minimum absolute atomic E-state index is 0. The van der Waals surface area contributed by atoms with Gasteiger partial charge in [0, 0.05) is 25.2 Å². The molecular formula is C21H37IN4O3. The molecule has 2 N–H and O–H groups in total. The highest BCUT2D eigenvalue weighted by atomic mass is 127. The first-order valence-electron chi connectivity index (χ1n) is 10.3. The van der Waals surface area contributed by atoms with Gasteiger partial charge in [0.1, 0.15) is 0 Å². The van der Waals surface area contributed by atoms with E-state index in [1.165, 1.54) is 32.4 Å². The number of likely N-dealkylation sites (tertiary alicyclic amines) is 1. The fourth-order valence-electron chi connectivity index (χ4n) is 3.50. The number of aliphatic imine (C=N–C) groups is 1. The fourth-order valence-corrected chi connectivity index (χ4v) is 3.50. The van der Waals surface area contributed by atoms with Crippen LogP contribution in [0.3, 0.4) is 0 Å². The maximum atomic E-state index is 5.56. The van der Waals surface area contributed by atoms with Crippen LogP contribution in [0.1, 0.15) is 31.7 Å². The van der Waals surface area contributed by atoms with E-state index < -0.39 is 0 Å². The van der Waals surface area contributed by atoms with E-state index >= 15 is 0 Å². The summed E-state index contributed by atoms with van der Waals surface area (Å²) < 4.78 is 16.4. The number of nitrogens with one attached hydrogen (secondary N) is 2. The Balaban J connectivity index is 0.00000420. The molecule has 166 valence electrons. The first-order valence-corrected chi connectivity index (χ1v) is 10.3. The van der Waals surface area contributed by atoms with E-state index in [-0.39, 0.29) is 24.0 Å². The van der Waals surface area contributed by atoms with Crippen LogP contribution < -0.4 is 24.8 Å². The third kappa shape index (κ3) is 8.08. The second-order valence-electron chi connectivity index (χ2n) is 6.83. The molecule has 0 atom stereocenters.